The van der Waals surface area contributed by atoms with Crippen molar-refractivity contribution < 1.29 is 9.53 Å². The molecule has 0 aliphatic heterocycles. The van der Waals surface area contributed by atoms with Crippen molar-refractivity contribution in [2.45, 2.75) is 39.5 Å². The van der Waals surface area contributed by atoms with Gasteiger partial charge in [0.15, 0.2) is 5.75 Å². The van der Waals surface area contributed by atoms with Gasteiger partial charge in [0.05, 0.1) is 23.4 Å². The molecule has 1 aromatic heterocycles. The molecule has 0 radical (unpaired) electrons. The SMILES string of the molecule is CC(C)Oc1c(Cl)cccc1NC(=O)N[C@H](C)Cn1cncn1. The highest BCUT2D eigenvalue weighted by Gasteiger charge is 2.14. The van der Waals surface area contributed by atoms with Crippen molar-refractivity contribution >= 4 is 23.3 Å². The second kappa shape index (κ2) is 7.82. The first kappa shape index (κ1) is 17.1. The lowest BCUT2D eigenvalue weighted by Gasteiger charge is -2.18. The topological polar surface area (TPSA) is 81.1 Å². The third kappa shape index (κ3) is 5.14. The average Bonchev–Trinajstić information content (AvgIpc) is 2.94. The van der Waals surface area contributed by atoms with Gasteiger partial charge < -0.3 is 15.4 Å². The second-order valence-electron chi connectivity index (χ2n) is 5.40. The zero-order chi connectivity index (χ0) is 16.8. The van der Waals surface area contributed by atoms with E-state index in [-0.39, 0.29) is 18.2 Å². The van der Waals surface area contributed by atoms with Gasteiger partial charge in [-0.25, -0.2) is 9.78 Å². The molecule has 0 bridgehead atoms. The van der Waals surface area contributed by atoms with Gasteiger partial charge in [0.1, 0.15) is 12.7 Å². The summed E-state index contributed by atoms with van der Waals surface area (Å²) >= 11 is 6.14. The summed E-state index contributed by atoms with van der Waals surface area (Å²) in [5.41, 5.74) is 0.525. The first-order valence-electron chi connectivity index (χ1n) is 7.30. The molecule has 1 atom stereocenters. The first-order chi connectivity index (χ1) is 11.0. The number of hydrogen-bond acceptors (Lipinski definition) is 4. The Morgan fingerprint density at radius 1 is 1.39 bits per heavy atom. The van der Waals surface area contributed by atoms with Crippen LogP contribution >= 0.6 is 11.6 Å². The Kier molecular flexibility index (Phi) is 5.81. The van der Waals surface area contributed by atoms with E-state index in [1.807, 2.05) is 20.8 Å². The first-order valence-corrected chi connectivity index (χ1v) is 7.68. The molecule has 2 aromatic rings. The Hall–Kier alpha value is -2.28. The van der Waals surface area contributed by atoms with Crippen LogP contribution in [0.5, 0.6) is 5.75 Å². The van der Waals surface area contributed by atoms with Gasteiger partial charge >= 0.3 is 6.03 Å². The average molecular weight is 338 g/mol. The fraction of sp³-hybridized carbons (Fsp3) is 0.400. The number of urea groups is 1. The third-order valence-electron chi connectivity index (χ3n) is 2.87. The number of nitrogens with one attached hydrogen (secondary N) is 2. The molecule has 0 aliphatic carbocycles. The number of rotatable bonds is 6. The minimum absolute atomic E-state index is 0.0512. The van der Waals surface area contributed by atoms with Crippen molar-refractivity contribution in [3.05, 3.63) is 35.9 Å². The molecule has 0 fully saturated rings. The molecule has 1 heterocycles. The Labute approximate surface area is 140 Å². The minimum atomic E-state index is -0.339. The van der Waals surface area contributed by atoms with Crippen molar-refractivity contribution in [2.24, 2.45) is 0 Å². The molecule has 2 rings (SSSR count). The largest absolute Gasteiger partial charge is 0.487 e. The number of carbonyl (C=O) groups is 1. The number of carbonyl (C=O) groups excluding carboxylic acids is 1. The number of nitrogens with zero attached hydrogens (tertiary/aromatic N) is 3. The predicted octanol–water partition coefficient (Wildman–Crippen LogP) is 2.93. The molecule has 1 aromatic carbocycles. The monoisotopic (exact) mass is 337 g/mol. The lowest BCUT2D eigenvalue weighted by molar-refractivity contribution is 0.240. The van der Waals surface area contributed by atoms with Crippen molar-refractivity contribution in [2.75, 3.05) is 5.32 Å². The second-order valence-corrected chi connectivity index (χ2v) is 5.81. The zero-order valence-corrected chi connectivity index (χ0v) is 14.0. The van der Waals surface area contributed by atoms with Gasteiger partial charge in [0.25, 0.3) is 0 Å². The quantitative estimate of drug-likeness (QED) is 0.849. The number of halogens is 1. The molecule has 2 amide bonds. The van der Waals surface area contributed by atoms with Crippen molar-refractivity contribution in [1.82, 2.24) is 20.1 Å². The van der Waals surface area contributed by atoms with Gasteiger partial charge in [-0.2, -0.15) is 5.10 Å². The molecule has 2 N–H and O–H groups in total. The van der Waals surface area contributed by atoms with Crippen LogP contribution in [0.25, 0.3) is 0 Å². The van der Waals surface area contributed by atoms with E-state index in [1.165, 1.54) is 6.33 Å². The van der Waals surface area contributed by atoms with Gasteiger partial charge in [-0.05, 0) is 32.9 Å². The Morgan fingerprint density at radius 3 is 2.83 bits per heavy atom. The van der Waals surface area contributed by atoms with E-state index in [1.54, 1.807) is 29.2 Å². The number of amides is 2. The zero-order valence-electron chi connectivity index (χ0n) is 13.3. The van der Waals surface area contributed by atoms with Crippen LogP contribution in [0.15, 0.2) is 30.9 Å². The van der Waals surface area contributed by atoms with E-state index in [2.05, 4.69) is 20.7 Å². The smallest absolute Gasteiger partial charge is 0.319 e. The molecular weight excluding hydrogens is 318 g/mol. The number of aromatic nitrogens is 3. The fourth-order valence-corrected chi connectivity index (χ4v) is 2.22. The van der Waals surface area contributed by atoms with Crippen molar-refractivity contribution in [3.8, 4) is 5.75 Å². The number of para-hydroxylation sites is 1. The van der Waals surface area contributed by atoms with Crippen LogP contribution < -0.4 is 15.4 Å². The Morgan fingerprint density at radius 2 is 2.17 bits per heavy atom. The maximum atomic E-state index is 12.1. The summed E-state index contributed by atoms with van der Waals surface area (Å²) in [7, 11) is 0. The molecule has 0 unspecified atom stereocenters. The van der Waals surface area contributed by atoms with E-state index in [9.17, 15) is 4.79 Å². The van der Waals surface area contributed by atoms with E-state index in [4.69, 9.17) is 16.3 Å². The van der Waals surface area contributed by atoms with Crippen molar-refractivity contribution in [3.63, 3.8) is 0 Å². The summed E-state index contributed by atoms with van der Waals surface area (Å²) in [4.78, 5) is 16.0. The van der Waals surface area contributed by atoms with Crippen LogP contribution in [-0.2, 0) is 6.54 Å². The molecule has 0 saturated heterocycles. The maximum Gasteiger partial charge on any atom is 0.319 e. The van der Waals surface area contributed by atoms with Crippen LogP contribution in [0, 0.1) is 0 Å². The number of hydrogen-bond donors (Lipinski definition) is 2. The highest BCUT2D eigenvalue weighted by atomic mass is 35.5. The Balaban J connectivity index is 1.98. The van der Waals surface area contributed by atoms with Crippen LogP contribution in [-0.4, -0.2) is 32.9 Å². The normalized spacial score (nSPS) is 12.0. The maximum absolute atomic E-state index is 12.1. The van der Waals surface area contributed by atoms with Gasteiger partial charge in [0, 0.05) is 6.04 Å². The fourth-order valence-electron chi connectivity index (χ4n) is 2.00. The van der Waals surface area contributed by atoms with E-state index >= 15 is 0 Å². The summed E-state index contributed by atoms with van der Waals surface area (Å²) in [6.07, 6.45) is 3.00. The third-order valence-corrected chi connectivity index (χ3v) is 3.17. The lowest BCUT2D eigenvalue weighted by atomic mass is 10.3. The molecule has 7 nitrogen and oxygen atoms in total. The van der Waals surface area contributed by atoms with Gasteiger partial charge in [-0.3, -0.25) is 4.68 Å². The molecule has 0 spiro atoms. The predicted molar refractivity (Wildman–Crippen MR) is 88.9 cm³/mol. The van der Waals surface area contributed by atoms with Crippen LogP contribution in [0.4, 0.5) is 10.5 Å². The van der Waals surface area contributed by atoms with Crippen LogP contribution in [0.1, 0.15) is 20.8 Å². The highest BCUT2D eigenvalue weighted by Crippen LogP contribution is 2.33. The molecule has 124 valence electrons. The number of anilines is 1. The summed E-state index contributed by atoms with van der Waals surface area (Å²) in [5, 5.41) is 10.0. The summed E-state index contributed by atoms with van der Waals surface area (Å²) in [6, 6.07) is 4.75. The standard InChI is InChI=1S/C15H20ClN5O2/c1-10(2)23-14-12(16)5-4-6-13(14)20-15(22)19-11(3)7-21-9-17-8-18-21/h4-6,8-11H,7H2,1-3H3,(H2,19,20,22)/t11-/m1/s1. The molecular formula is C15H20ClN5O2. The molecule has 0 saturated carbocycles. The van der Waals surface area contributed by atoms with E-state index in [0.29, 0.717) is 23.0 Å². The summed E-state index contributed by atoms with van der Waals surface area (Å²) in [5.74, 6) is 0.461. The van der Waals surface area contributed by atoms with E-state index < -0.39 is 0 Å². The molecule has 8 heteroatoms. The summed E-state index contributed by atoms with van der Waals surface area (Å²) < 4.78 is 7.32. The van der Waals surface area contributed by atoms with Gasteiger partial charge in [0.2, 0.25) is 0 Å². The number of ether oxygens (including phenoxy) is 1. The lowest BCUT2D eigenvalue weighted by Crippen LogP contribution is -2.38. The van der Waals surface area contributed by atoms with Crippen LogP contribution in [0.3, 0.4) is 0 Å². The van der Waals surface area contributed by atoms with Gasteiger partial charge in [-0.15, -0.1) is 0 Å². The molecule has 23 heavy (non-hydrogen) atoms. The van der Waals surface area contributed by atoms with Crippen molar-refractivity contribution in [1.29, 1.82) is 0 Å². The highest BCUT2D eigenvalue weighted by molar-refractivity contribution is 6.32. The van der Waals surface area contributed by atoms with E-state index in [0.717, 1.165) is 0 Å². The van der Waals surface area contributed by atoms with Crippen LogP contribution in [0.2, 0.25) is 5.02 Å². The number of benzene rings is 1. The minimum Gasteiger partial charge on any atom is -0.487 e. The molecule has 0 aliphatic rings. The Bertz CT molecular complexity index is 645. The van der Waals surface area contributed by atoms with Gasteiger partial charge in [-0.1, -0.05) is 17.7 Å². The summed E-state index contributed by atoms with van der Waals surface area (Å²) in [6.45, 7) is 6.20.